The van der Waals surface area contributed by atoms with Crippen molar-refractivity contribution in [2.24, 2.45) is 5.73 Å². The van der Waals surface area contributed by atoms with E-state index in [1.54, 1.807) is 4.68 Å². The van der Waals surface area contributed by atoms with E-state index in [1.165, 1.54) is 18.3 Å². The highest BCUT2D eigenvalue weighted by atomic mass is 19.1. The van der Waals surface area contributed by atoms with Gasteiger partial charge in [-0.2, -0.15) is 0 Å². The second kappa shape index (κ2) is 7.95. The van der Waals surface area contributed by atoms with Gasteiger partial charge >= 0.3 is 0 Å². The largest absolute Gasteiger partial charge is 0.394 e. The fraction of sp³-hybridized carbons (Fsp3) is 0.375. The van der Waals surface area contributed by atoms with Crippen molar-refractivity contribution in [3.05, 3.63) is 35.8 Å². The summed E-state index contributed by atoms with van der Waals surface area (Å²) in [5.41, 5.74) is 5.12. The van der Waals surface area contributed by atoms with E-state index in [-0.39, 0.29) is 12.1 Å². The topological polar surface area (TPSA) is 123 Å². The molecule has 134 valence electrons. The Bertz CT molecular complexity index is 764. The number of halogens is 1. The van der Waals surface area contributed by atoms with E-state index in [1.807, 2.05) is 6.92 Å². The van der Waals surface area contributed by atoms with Crippen molar-refractivity contribution >= 4 is 12.2 Å². The number of carbonyl (C=O) groups excluding carboxylic acids is 2. The first kappa shape index (κ1) is 18.7. The van der Waals surface area contributed by atoms with Crippen LogP contribution in [0.5, 0.6) is 0 Å². The molecule has 25 heavy (non-hydrogen) atoms. The molecule has 2 aromatic rings. The van der Waals surface area contributed by atoms with Gasteiger partial charge in [-0.25, -0.2) is 9.07 Å². The monoisotopic (exact) mass is 349 g/mol. The Morgan fingerprint density at radius 3 is 2.88 bits per heavy atom. The summed E-state index contributed by atoms with van der Waals surface area (Å²) in [6.07, 6.45) is 2.68. The number of aromatic nitrogens is 3. The van der Waals surface area contributed by atoms with Crippen LogP contribution in [0.2, 0.25) is 0 Å². The molecule has 0 radical (unpaired) electrons. The van der Waals surface area contributed by atoms with E-state index in [0.29, 0.717) is 24.1 Å². The lowest BCUT2D eigenvalue weighted by Gasteiger charge is -2.20. The summed E-state index contributed by atoms with van der Waals surface area (Å²) in [4.78, 5) is 23.1. The zero-order valence-corrected chi connectivity index (χ0v) is 13.8. The minimum absolute atomic E-state index is 0.0606. The zero-order chi connectivity index (χ0) is 18.4. The number of aryl methyl sites for hydroxylation is 1. The van der Waals surface area contributed by atoms with E-state index >= 15 is 0 Å². The van der Waals surface area contributed by atoms with Crippen LogP contribution < -0.4 is 11.1 Å². The molecule has 0 spiro atoms. The van der Waals surface area contributed by atoms with Crippen LogP contribution in [0, 0.1) is 5.82 Å². The van der Waals surface area contributed by atoms with Gasteiger partial charge in [-0.05, 0) is 24.6 Å². The van der Waals surface area contributed by atoms with Gasteiger partial charge in [-0.3, -0.25) is 4.79 Å². The molecule has 0 aliphatic carbocycles. The van der Waals surface area contributed by atoms with Gasteiger partial charge in [-0.1, -0.05) is 12.1 Å². The average molecular weight is 349 g/mol. The van der Waals surface area contributed by atoms with Crippen molar-refractivity contribution in [2.75, 3.05) is 13.2 Å². The van der Waals surface area contributed by atoms with E-state index in [2.05, 4.69) is 15.6 Å². The summed E-state index contributed by atoms with van der Waals surface area (Å²) in [6, 6.07) is 3.86. The first-order valence-corrected chi connectivity index (χ1v) is 7.76. The molecule has 0 bridgehead atoms. The molecule has 1 atom stereocenters. The number of carbonyl (C=O) groups is 2. The molecule has 9 heteroatoms. The lowest BCUT2D eigenvalue weighted by atomic mass is 10.0. The Morgan fingerprint density at radius 1 is 1.48 bits per heavy atom. The Kier molecular flexibility index (Phi) is 5.94. The van der Waals surface area contributed by atoms with Crippen molar-refractivity contribution in [1.82, 2.24) is 20.3 Å². The quantitative estimate of drug-likeness (QED) is 0.581. The normalized spacial score (nSPS) is 13.3. The van der Waals surface area contributed by atoms with E-state index in [0.717, 1.165) is 12.5 Å². The number of nitrogens with zero attached hydrogens (tertiary/aromatic N) is 3. The van der Waals surface area contributed by atoms with Crippen LogP contribution in [0.25, 0.3) is 11.3 Å². The molecule has 0 fully saturated rings. The van der Waals surface area contributed by atoms with Crippen molar-refractivity contribution in [2.45, 2.75) is 25.4 Å². The molecule has 2 rings (SSSR count). The number of aldehydes is 1. The molecule has 0 aliphatic rings. The Morgan fingerprint density at radius 2 is 2.24 bits per heavy atom. The van der Waals surface area contributed by atoms with Crippen LogP contribution >= 0.6 is 0 Å². The maximum Gasteiger partial charge on any atom is 0.251 e. The highest BCUT2D eigenvalue weighted by molar-refractivity contribution is 5.95. The number of aliphatic hydroxyl groups is 1. The molecule has 8 nitrogen and oxygen atoms in total. The first-order chi connectivity index (χ1) is 11.9. The van der Waals surface area contributed by atoms with Gasteiger partial charge in [0, 0.05) is 24.2 Å². The lowest BCUT2D eigenvalue weighted by Crippen LogP contribution is -2.54. The molecule has 1 aromatic carbocycles. The molecule has 1 aromatic heterocycles. The number of nitrogens with one attached hydrogen (secondary N) is 1. The van der Waals surface area contributed by atoms with Crippen molar-refractivity contribution in [3.8, 4) is 11.3 Å². The number of benzene rings is 1. The highest BCUT2D eigenvalue weighted by Gasteiger charge is 2.24. The predicted molar refractivity (Wildman–Crippen MR) is 88.1 cm³/mol. The minimum atomic E-state index is -1.57. The maximum atomic E-state index is 14.0. The number of amides is 1. The number of hydrogen-bond acceptors (Lipinski definition) is 6. The number of aliphatic hydroxyl groups excluding tert-OH is 1. The predicted octanol–water partition coefficient (Wildman–Crippen LogP) is 0.113. The van der Waals surface area contributed by atoms with Crippen molar-refractivity contribution in [1.29, 1.82) is 0 Å². The Labute approximate surface area is 143 Å². The number of hydrogen-bond donors (Lipinski definition) is 3. The molecule has 1 heterocycles. The molecule has 0 saturated heterocycles. The molecule has 1 amide bonds. The van der Waals surface area contributed by atoms with Gasteiger partial charge in [0.2, 0.25) is 0 Å². The van der Waals surface area contributed by atoms with E-state index in [4.69, 9.17) is 10.8 Å². The van der Waals surface area contributed by atoms with Gasteiger partial charge in [0.25, 0.3) is 5.91 Å². The van der Waals surface area contributed by atoms with Gasteiger partial charge in [0.05, 0.1) is 18.5 Å². The van der Waals surface area contributed by atoms with Gasteiger partial charge in [0.15, 0.2) is 0 Å². The van der Waals surface area contributed by atoms with Crippen molar-refractivity contribution < 1.29 is 19.1 Å². The van der Waals surface area contributed by atoms with Crippen LogP contribution in [0.15, 0.2) is 24.4 Å². The van der Waals surface area contributed by atoms with Gasteiger partial charge in [0.1, 0.15) is 17.6 Å². The van der Waals surface area contributed by atoms with E-state index in [9.17, 15) is 14.0 Å². The first-order valence-electron chi connectivity index (χ1n) is 7.76. The average Bonchev–Trinajstić information content (AvgIpc) is 3.07. The van der Waals surface area contributed by atoms with E-state index < -0.39 is 23.9 Å². The summed E-state index contributed by atoms with van der Waals surface area (Å²) in [5, 5.41) is 19.3. The van der Waals surface area contributed by atoms with Crippen LogP contribution in [0.4, 0.5) is 4.39 Å². The second-order valence-electron chi connectivity index (χ2n) is 5.76. The summed E-state index contributed by atoms with van der Waals surface area (Å²) in [7, 11) is 0. The van der Waals surface area contributed by atoms with Crippen LogP contribution in [-0.2, 0) is 11.3 Å². The molecule has 4 N–H and O–H groups in total. The van der Waals surface area contributed by atoms with Crippen molar-refractivity contribution in [3.63, 3.8) is 0 Å². The SMILES string of the molecule is CCCn1nncc1-c1cc(F)cc(C(=O)NC[C@](N)(C=O)CO)c1. The third-order valence-electron chi connectivity index (χ3n) is 3.62. The third-order valence-corrected chi connectivity index (χ3v) is 3.62. The van der Waals surface area contributed by atoms with Gasteiger partial charge < -0.3 is 21.0 Å². The second-order valence-corrected chi connectivity index (χ2v) is 5.76. The number of rotatable bonds is 8. The molecule has 0 unspecified atom stereocenters. The zero-order valence-electron chi connectivity index (χ0n) is 13.8. The lowest BCUT2D eigenvalue weighted by molar-refractivity contribution is -0.113. The summed E-state index contributed by atoms with van der Waals surface area (Å²) in [5.74, 6) is -1.20. The molecule has 0 aliphatic heterocycles. The summed E-state index contributed by atoms with van der Waals surface area (Å²) >= 11 is 0. The summed E-state index contributed by atoms with van der Waals surface area (Å²) in [6.45, 7) is 1.70. The minimum Gasteiger partial charge on any atom is -0.394 e. The van der Waals surface area contributed by atoms with Gasteiger partial charge in [-0.15, -0.1) is 5.10 Å². The van der Waals surface area contributed by atoms with Crippen LogP contribution in [0.1, 0.15) is 23.7 Å². The molecular formula is C16H20FN5O3. The Hall–Kier alpha value is -2.65. The molecular weight excluding hydrogens is 329 g/mol. The highest BCUT2D eigenvalue weighted by Crippen LogP contribution is 2.21. The number of nitrogens with two attached hydrogens (primary N) is 1. The maximum absolute atomic E-state index is 14.0. The summed E-state index contributed by atoms with van der Waals surface area (Å²) < 4.78 is 15.6. The smallest absolute Gasteiger partial charge is 0.251 e. The third kappa shape index (κ3) is 4.46. The van der Waals surface area contributed by atoms with Crippen LogP contribution in [0.3, 0.4) is 0 Å². The van der Waals surface area contributed by atoms with Crippen LogP contribution in [-0.4, -0.2) is 51.0 Å². The fourth-order valence-electron chi connectivity index (χ4n) is 2.21. The standard InChI is InChI=1S/C16H20FN5O3/c1-2-3-22-14(7-20-21-22)11-4-12(6-13(17)5-11)15(25)19-8-16(18,9-23)10-24/h4-7,9,24H,2-3,8,10,18H2,1H3,(H,19,25)/t16-/m0/s1. The Balaban J connectivity index is 2.25. The molecule has 0 saturated carbocycles. The fourth-order valence-corrected chi connectivity index (χ4v) is 2.21.